The Morgan fingerprint density at radius 1 is 1.31 bits per heavy atom. The molecule has 13 heavy (non-hydrogen) atoms. The smallest absolute Gasteiger partial charge is 0.0230 e. The molecule has 0 saturated heterocycles. The van der Waals surface area contributed by atoms with E-state index in [-0.39, 0.29) is 0 Å². The van der Waals surface area contributed by atoms with Crippen molar-refractivity contribution >= 4 is 0 Å². The Morgan fingerprint density at radius 2 is 2.08 bits per heavy atom. The van der Waals surface area contributed by atoms with Crippen molar-refractivity contribution < 1.29 is 0 Å². The van der Waals surface area contributed by atoms with Gasteiger partial charge in [0.1, 0.15) is 0 Å². The van der Waals surface area contributed by atoms with Crippen LogP contribution in [0.5, 0.6) is 0 Å². The summed E-state index contributed by atoms with van der Waals surface area (Å²) in [6, 6.07) is 8.72. The number of benzene rings is 1. The monoisotopic (exact) mass is 177 g/mol. The van der Waals surface area contributed by atoms with Crippen LogP contribution in [-0.2, 0) is 6.54 Å². The van der Waals surface area contributed by atoms with Crippen molar-refractivity contribution in [2.24, 2.45) is 0 Å². The zero-order valence-electron chi connectivity index (χ0n) is 8.88. The summed E-state index contributed by atoms with van der Waals surface area (Å²) >= 11 is 0. The molecule has 0 aliphatic rings. The Labute approximate surface area is 81.4 Å². The van der Waals surface area contributed by atoms with Crippen molar-refractivity contribution in [3.05, 3.63) is 35.4 Å². The molecule has 0 N–H and O–H groups in total. The summed E-state index contributed by atoms with van der Waals surface area (Å²) in [6.07, 6.45) is 1.22. The van der Waals surface area contributed by atoms with Gasteiger partial charge in [0.25, 0.3) is 0 Å². The summed E-state index contributed by atoms with van der Waals surface area (Å²) in [4.78, 5) is 2.36. The van der Waals surface area contributed by atoms with Gasteiger partial charge in [-0.2, -0.15) is 0 Å². The second-order valence-electron chi connectivity index (χ2n) is 3.73. The Bertz CT molecular complexity index is 255. The van der Waals surface area contributed by atoms with Crippen LogP contribution in [0.15, 0.2) is 24.3 Å². The second kappa shape index (κ2) is 5.03. The largest absolute Gasteiger partial charge is 0.302 e. The lowest BCUT2D eigenvalue weighted by molar-refractivity contribution is 0.327. The standard InChI is InChI=1S/C12H19N/c1-4-8-13(3)10-12-7-5-6-11(2)9-12/h5-7,9H,4,8,10H2,1-3H3. The molecule has 0 heterocycles. The number of nitrogens with zero attached hydrogens (tertiary/aromatic N) is 1. The van der Waals surface area contributed by atoms with Gasteiger partial charge >= 0.3 is 0 Å². The van der Waals surface area contributed by atoms with E-state index in [1.165, 1.54) is 24.1 Å². The quantitative estimate of drug-likeness (QED) is 0.683. The first-order valence-corrected chi connectivity index (χ1v) is 4.96. The van der Waals surface area contributed by atoms with E-state index >= 15 is 0 Å². The first-order valence-electron chi connectivity index (χ1n) is 4.96. The van der Waals surface area contributed by atoms with E-state index in [4.69, 9.17) is 0 Å². The molecule has 0 radical (unpaired) electrons. The lowest BCUT2D eigenvalue weighted by Crippen LogP contribution is -2.18. The van der Waals surface area contributed by atoms with Crippen LogP contribution in [-0.4, -0.2) is 18.5 Å². The fourth-order valence-corrected chi connectivity index (χ4v) is 1.58. The van der Waals surface area contributed by atoms with Crippen molar-refractivity contribution in [1.29, 1.82) is 0 Å². The van der Waals surface area contributed by atoms with Crippen molar-refractivity contribution in [1.82, 2.24) is 4.90 Å². The average Bonchev–Trinajstić information content (AvgIpc) is 2.04. The van der Waals surface area contributed by atoms with E-state index in [1.54, 1.807) is 0 Å². The third-order valence-corrected chi connectivity index (χ3v) is 2.14. The maximum atomic E-state index is 2.36. The average molecular weight is 177 g/mol. The molecule has 0 atom stereocenters. The van der Waals surface area contributed by atoms with Crippen molar-refractivity contribution in [2.75, 3.05) is 13.6 Å². The summed E-state index contributed by atoms with van der Waals surface area (Å²) in [5.41, 5.74) is 2.76. The summed E-state index contributed by atoms with van der Waals surface area (Å²) in [7, 11) is 2.17. The highest BCUT2D eigenvalue weighted by molar-refractivity contribution is 5.21. The first kappa shape index (κ1) is 10.3. The van der Waals surface area contributed by atoms with E-state index in [1.807, 2.05) is 0 Å². The van der Waals surface area contributed by atoms with Gasteiger partial charge in [0.05, 0.1) is 0 Å². The Kier molecular flexibility index (Phi) is 3.97. The number of hydrogen-bond acceptors (Lipinski definition) is 1. The lowest BCUT2D eigenvalue weighted by atomic mass is 10.1. The van der Waals surface area contributed by atoms with Gasteiger partial charge in [0, 0.05) is 6.54 Å². The number of aryl methyl sites for hydroxylation is 1. The van der Waals surface area contributed by atoms with E-state index in [2.05, 4.69) is 50.1 Å². The predicted molar refractivity (Wildman–Crippen MR) is 57.8 cm³/mol. The molecule has 1 heteroatoms. The molecule has 0 spiro atoms. The number of rotatable bonds is 4. The molecule has 1 aromatic rings. The summed E-state index contributed by atoms with van der Waals surface area (Å²) < 4.78 is 0. The van der Waals surface area contributed by atoms with Crippen LogP contribution in [0.25, 0.3) is 0 Å². The molecule has 0 amide bonds. The van der Waals surface area contributed by atoms with Gasteiger partial charge in [-0.05, 0) is 32.5 Å². The van der Waals surface area contributed by atoms with E-state index < -0.39 is 0 Å². The topological polar surface area (TPSA) is 3.24 Å². The molecule has 1 aromatic carbocycles. The van der Waals surface area contributed by atoms with Gasteiger partial charge in [0.15, 0.2) is 0 Å². The molecule has 1 rings (SSSR count). The van der Waals surface area contributed by atoms with Gasteiger partial charge in [-0.15, -0.1) is 0 Å². The minimum atomic E-state index is 1.06. The Balaban J connectivity index is 2.53. The van der Waals surface area contributed by atoms with Crippen LogP contribution in [0.1, 0.15) is 24.5 Å². The van der Waals surface area contributed by atoms with Gasteiger partial charge in [0.2, 0.25) is 0 Å². The maximum absolute atomic E-state index is 2.36. The molecule has 1 nitrogen and oxygen atoms in total. The van der Waals surface area contributed by atoms with Crippen LogP contribution in [0, 0.1) is 6.92 Å². The lowest BCUT2D eigenvalue weighted by Gasteiger charge is -2.15. The summed E-state index contributed by atoms with van der Waals surface area (Å²) in [5, 5.41) is 0. The highest BCUT2D eigenvalue weighted by atomic mass is 15.1. The molecule has 0 aliphatic carbocycles. The molecule has 0 aromatic heterocycles. The fraction of sp³-hybridized carbons (Fsp3) is 0.500. The molecule has 0 bridgehead atoms. The minimum Gasteiger partial charge on any atom is -0.302 e. The molecular formula is C12H19N. The SMILES string of the molecule is CCCN(C)Cc1cccc(C)c1. The van der Waals surface area contributed by atoms with Gasteiger partial charge in [-0.1, -0.05) is 36.8 Å². The second-order valence-corrected chi connectivity index (χ2v) is 3.73. The van der Waals surface area contributed by atoms with Gasteiger partial charge in [-0.3, -0.25) is 0 Å². The highest BCUT2D eigenvalue weighted by Crippen LogP contribution is 2.06. The van der Waals surface area contributed by atoms with Crippen molar-refractivity contribution in [3.63, 3.8) is 0 Å². The van der Waals surface area contributed by atoms with Crippen LogP contribution >= 0.6 is 0 Å². The van der Waals surface area contributed by atoms with E-state index in [0.717, 1.165) is 6.54 Å². The van der Waals surface area contributed by atoms with Gasteiger partial charge < -0.3 is 4.90 Å². The van der Waals surface area contributed by atoms with Crippen molar-refractivity contribution in [3.8, 4) is 0 Å². The number of hydrogen-bond donors (Lipinski definition) is 0. The van der Waals surface area contributed by atoms with E-state index in [0.29, 0.717) is 0 Å². The zero-order chi connectivity index (χ0) is 9.68. The van der Waals surface area contributed by atoms with Crippen LogP contribution in [0.4, 0.5) is 0 Å². The Morgan fingerprint density at radius 3 is 2.69 bits per heavy atom. The first-order chi connectivity index (χ1) is 6.22. The molecular weight excluding hydrogens is 158 g/mol. The third kappa shape index (κ3) is 3.60. The normalized spacial score (nSPS) is 10.8. The molecule has 72 valence electrons. The van der Waals surface area contributed by atoms with Crippen LogP contribution in [0.3, 0.4) is 0 Å². The van der Waals surface area contributed by atoms with Crippen molar-refractivity contribution in [2.45, 2.75) is 26.8 Å². The summed E-state index contributed by atoms with van der Waals surface area (Å²) in [5.74, 6) is 0. The molecule has 0 unspecified atom stereocenters. The minimum absolute atomic E-state index is 1.06. The predicted octanol–water partition coefficient (Wildman–Crippen LogP) is 2.84. The van der Waals surface area contributed by atoms with Crippen LogP contribution < -0.4 is 0 Å². The third-order valence-electron chi connectivity index (χ3n) is 2.14. The van der Waals surface area contributed by atoms with Crippen LogP contribution in [0.2, 0.25) is 0 Å². The molecule has 0 saturated carbocycles. The van der Waals surface area contributed by atoms with E-state index in [9.17, 15) is 0 Å². The maximum Gasteiger partial charge on any atom is 0.0230 e. The highest BCUT2D eigenvalue weighted by Gasteiger charge is 1.98. The molecule has 0 aliphatic heterocycles. The zero-order valence-corrected chi connectivity index (χ0v) is 8.88. The fourth-order valence-electron chi connectivity index (χ4n) is 1.58. The van der Waals surface area contributed by atoms with Gasteiger partial charge in [-0.25, -0.2) is 0 Å². The summed E-state index contributed by atoms with van der Waals surface area (Å²) in [6.45, 7) is 6.60. The molecule has 0 fully saturated rings. The Hall–Kier alpha value is -0.820.